The van der Waals surface area contributed by atoms with Crippen molar-refractivity contribution in [2.24, 2.45) is 12.0 Å². The van der Waals surface area contributed by atoms with Crippen LogP contribution < -0.4 is 5.32 Å². The van der Waals surface area contributed by atoms with Gasteiger partial charge in [-0.15, -0.1) is 0 Å². The van der Waals surface area contributed by atoms with Crippen LogP contribution in [0.4, 0.5) is 0 Å². The van der Waals surface area contributed by atoms with Gasteiger partial charge in [0.1, 0.15) is 0 Å². The highest BCUT2D eigenvalue weighted by atomic mass is 16.2. The molecule has 3 rings (SSSR count). The van der Waals surface area contributed by atoms with Crippen LogP contribution in [0.3, 0.4) is 0 Å². The van der Waals surface area contributed by atoms with Crippen LogP contribution in [-0.4, -0.2) is 83.0 Å². The Labute approximate surface area is 163 Å². The Balaban J connectivity index is 1.54. The summed E-state index contributed by atoms with van der Waals surface area (Å²) in [5.41, 5.74) is 1.22. The van der Waals surface area contributed by atoms with Crippen LogP contribution in [0.5, 0.6) is 0 Å². The number of carbonyl (C=O) groups excluding carboxylic acids is 1. The number of rotatable bonds is 5. The van der Waals surface area contributed by atoms with Crippen molar-refractivity contribution in [3.05, 3.63) is 24.0 Å². The molecule has 1 unspecified atom stereocenters. The molecule has 1 N–H and O–H groups in total. The summed E-state index contributed by atoms with van der Waals surface area (Å²) in [6.45, 7) is 11.2. The topological polar surface area (TPSA) is 56.1 Å². The Kier molecular flexibility index (Phi) is 6.77. The third kappa shape index (κ3) is 5.03. The van der Waals surface area contributed by atoms with E-state index in [0.717, 1.165) is 64.6 Å². The van der Waals surface area contributed by atoms with Crippen LogP contribution in [0.25, 0.3) is 0 Å². The number of likely N-dealkylation sites (tertiary alicyclic amines) is 1. The smallest absolute Gasteiger partial charge is 0.239 e. The number of aryl methyl sites for hydroxylation is 1. The minimum atomic E-state index is -0.0194. The second kappa shape index (κ2) is 9.26. The van der Waals surface area contributed by atoms with Crippen molar-refractivity contribution < 1.29 is 4.79 Å². The van der Waals surface area contributed by atoms with Crippen molar-refractivity contribution >= 4 is 11.9 Å². The van der Waals surface area contributed by atoms with E-state index in [2.05, 4.69) is 52.0 Å². The van der Waals surface area contributed by atoms with Gasteiger partial charge in [-0.25, -0.2) is 4.99 Å². The fraction of sp³-hybridized carbons (Fsp3) is 0.700. The van der Waals surface area contributed by atoms with Crippen LogP contribution >= 0.6 is 0 Å². The van der Waals surface area contributed by atoms with Crippen molar-refractivity contribution in [1.29, 1.82) is 0 Å². The van der Waals surface area contributed by atoms with Gasteiger partial charge in [-0.3, -0.25) is 9.69 Å². The molecule has 1 atom stereocenters. The first-order valence-electron chi connectivity index (χ1n) is 10.3. The van der Waals surface area contributed by atoms with E-state index < -0.39 is 0 Å². The zero-order valence-electron chi connectivity index (χ0n) is 17.0. The van der Waals surface area contributed by atoms with Gasteiger partial charge in [0.05, 0.1) is 12.6 Å². The van der Waals surface area contributed by atoms with Gasteiger partial charge in [0.25, 0.3) is 0 Å². The minimum Gasteiger partial charge on any atom is -0.357 e. The second-order valence-corrected chi connectivity index (χ2v) is 7.59. The van der Waals surface area contributed by atoms with Gasteiger partial charge in [0.15, 0.2) is 5.96 Å². The SMILES string of the molecule is CCNC(=NCc1ccn(C)c1)N1CCN(C(C)C(=O)N2CCCC2)CC1. The third-order valence-electron chi connectivity index (χ3n) is 5.58. The van der Waals surface area contributed by atoms with Crippen LogP contribution in [0, 0.1) is 0 Å². The molecule has 3 heterocycles. The van der Waals surface area contributed by atoms with E-state index >= 15 is 0 Å². The van der Waals surface area contributed by atoms with Crippen molar-refractivity contribution in [3.8, 4) is 0 Å². The number of amides is 1. The molecule has 0 saturated carbocycles. The van der Waals surface area contributed by atoms with Crippen LogP contribution in [-0.2, 0) is 18.4 Å². The molecule has 2 aliphatic rings. The molecule has 0 spiro atoms. The maximum Gasteiger partial charge on any atom is 0.239 e. The maximum absolute atomic E-state index is 12.7. The van der Waals surface area contributed by atoms with Crippen LogP contribution in [0.1, 0.15) is 32.3 Å². The lowest BCUT2D eigenvalue weighted by Gasteiger charge is -2.39. The van der Waals surface area contributed by atoms with E-state index in [1.54, 1.807) is 0 Å². The number of hydrogen-bond acceptors (Lipinski definition) is 3. The van der Waals surface area contributed by atoms with E-state index in [1.807, 2.05) is 11.9 Å². The summed E-state index contributed by atoms with van der Waals surface area (Å²) >= 11 is 0. The largest absolute Gasteiger partial charge is 0.357 e. The number of aromatic nitrogens is 1. The summed E-state index contributed by atoms with van der Waals surface area (Å²) in [7, 11) is 2.03. The molecule has 1 amide bonds. The summed E-state index contributed by atoms with van der Waals surface area (Å²) in [5, 5.41) is 3.42. The van der Waals surface area contributed by atoms with Gasteiger partial charge < -0.3 is 19.7 Å². The number of piperazine rings is 1. The first kappa shape index (κ1) is 19.7. The molecule has 150 valence electrons. The molecule has 1 aromatic rings. The van der Waals surface area contributed by atoms with Crippen molar-refractivity contribution in [2.75, 3.05) is 45.8 Å². The van der Waals surface area contributed by atoms with Gasteiger partial charge in [0.2, 0.25) is 5.91 Å². The number of carbonyl (C=O) groups is 1. The van der Waals surface area contributed by atoms with Crippen molar-refractivity contribution in [3.63, 3.8) is 0 Å². The number of hydrogen-bond donors (Lipinski definition) is 1. The number of nitrogens with one attached hydrogen (secondary N) is 1. The molecule has 2 fully saturated rings. The zero-order chi connectivity index (χ0) is 19.2. The first-order chi connectivity index (χ1) is 13.1. The fourth-order valence-corrected chi connectivity index (χ4v) is 3.93. The Morgan fingerprint density at radius 2 is 1.85 bits per heavy atom. The highest BCUT2D eigenvalue weighted by Crippen LogP contribution is 2.14. The highest BCUT2D eigenvalue weighted by molar-refractivity contribution is 5.82. The molecule has 0 radical (unpaired) electrons. The predicted molar refractivity (Wildman–Crippen MR) is 109 cm³/mol. The number of guanidine groups is 1. The van der Waals surface area contributed by atoms with Gasteiger partial charge >= 0.3 is 0 Å². The molecule has 2 aliphatic heterocycles. The van der Waals surface area contributed by atoms with Gasteiger partial charge in [-0.2, -0.15) is 0 Å². The lowest BCUT2D eigenvalue weighted by molar-refractivity contribution is -0.135. The van der Waals surface area contributed by atoms with Gasteiger partial charge in [-0.05, 0) is 38.3 Å². The zero-order valence-corrected chi connectivity index (χ0v) is 17.0. The normalized spacial score (nSPS) is 20.2. The second-order valence-electron chi connectivity index (χ2n) is 7.59. The Morgan fingerprint density at radius 3 is 2.44 bits per heavy atom. The van der Waals surface area contributed by atoms with Gasteiger partial charge in [0, 0.05) is 65.3 Å². The average Bonchev–Trinajstić information content (AvgIpc) is 3.36. The molecule has 0 bridgehead atoms. The van der Waals surface area contributed by atoms with Crippen LogP contribution in [0.15, 0.2) is 23.5 Å². The lowest BCUT2D eigenvalue weighted by Crippen LogP contribution is -2.57. The molecule has 7 nitrogen and oxygen atoms in total. The lowest BCUT2D eigenvalue weighted by atomic mass is 10.2. The molecular formula is C20H34N6O. The van der Waals surface area contributed by atoms with E-state index in [4.69, 9.17) is 4.99 Å². The minimum absolute atomic E-state index is 0.0194. The van der Waals surface area contributed by atoms with Crippen molar-refractivity contribution in [2.45, 2.75) is 39.3 Å². The third-order valence-corrected chi connectivity index (χ3v) is 5.58. The average molecular weight is 375 g/mol. The standard InChI is InChI=1S/C20H34N6O/c1-4-21-20(22-15-18-7-10-23(3)16-18)26-13-11-24(12-14-26)17(2)19(27)25-8-5-6-9-25/h7,10,16-17H,4-6,8-9,11-15H2,1-3H3,(H,21,22). The highest BCUT2D eigenvalue weighted by Gasteiger charge is 2.30. The monoisotopic (exact) mass is 374 g/mol. The van der Waals surface area contributed by atoms with E-state index in [1.165, 1.54) is 5.56 Å². The summed E-state index contributed by atoms with van der Waals surface area (Å²) in [5.74, 6) is 1.27. The molecule has 1 aromatic heterocycles. The molecular weight excluding hydrogens is 340 g/mol. The van der Waals surface area contributed by atoms with Gasteiger partial charge in [-0.1, -0.05) is 0 Å². The van der Waals surface area contributed by atoms with E-state index in [0.29, 0.717) is 12.5 Å². The predicted octanol–water partition coefficient (Wildman–Crippen LogP) is 1.12. The Hall–Kier alpha value is -2.02. The molecule has 27 heavy (non-hydrogen) atoms. The Morgan fingerprint density at radius 1 is 1.15 bits per heavy atom. The summed E-state index contributed by atoms with van der Waals surface area (Å²) in [6, 6.07) is 2.09. The molecule has 7 heteroatoms. The van der Waals surface area contributed by atoms with E-state index in [-0.39, 0.29) is 6.04 Å². The maximum atomic E-state index is 12.7. The molecule has 0 aliphatic carbocycles. The van der Waals surface area contributed by atoms with Crippen molar-refractivity contribution in [1.82, 2.24) is 24.6 Å². The summed E-state index contributed by atoms with van der Waals surface area (Å²) < 4.78 is 2.05. The summed E-state index contributed by atoms with van der Waals surface area (Å²) in [6.07, 6.45) is 6.46. The molecule has 0 aromatic carbocycles. The number of nitrogens with zero attached hydrogens (tertiary/aromatic N) is 5. The fourth-order valence-electron chi connectivity index (χ4n) is 3.93. The Bertz CT molecular complexity index is 641. The summed E-state index contributed by atoms with van der Waals surface area (Å²) in [4.78, 5) is 24.1. The van der Waals surface area contributed by atoms with Crippen LogP contribution in [0.2, 0.25) is 0 Å². The van der Waals surface area contributed by atoms with E-state index in [9.17, 15) is 4.79 Å². The number of aliphatic imine (C=N–C) groups is 1. The molecule has 2 saturated heterocycles. The quantitative estimate of drug-likeness (QED) is 0.620. The first-order valence-corrected chi connectivity index (χ1v) is 10.3.